The summed E-state index contributed by atoms with van der Waals surface area (Å²) < 4.78 is 13.2. The molecule has 0 N–H and O–H groups in total. The summed E-state index contributed by atoms with van der Waals surface area (Å²) in [6.07, 6.45) is 14.3. The van der Waals surface area contributed by atoms with E-state index in [4.69, 9.17) is 0 Å². The largest absolute Gasteiger partial charge is 1.00 e. The standard InChI is InChI=1S/C5H5.C5H4.3CH3.Pb.Zr.2H/c2*1-2-4-5-3-1;;;;;;;/h1-3H,4H2;1-2H,3H2;3*1H3;;;;/q;;;;;;;2*-1. The van der Waals surface area contributed by atoms with Gasteiger partial charge in [0.25, 0.3) is 0 Å². The molecule has 0 atom stereocenters. The maximum atomic E-state index is 2.55. The van der Waals surface area contributed by atoms with E-state index in [0.29, 0.717) is 0 Å². The second-order valence-corrected chi connectivity index (χ2v) is 28.5. The molecule has 0 aromatic heterocycles. The quantitative estimate of drug-likeness (QED) is 0.537. The van der Waals surface area contributed by atoms with Gasteiger partial charge in [0.05, 0.1) is 0 Å². The molecule has 0 aliphatic heterocycles. The summed E-state index contributed by atoms with van der Waals surface area (Å²) in [6, 6.07) is 0. The van der Waals surface area contributed by atoms with Crippen molar-refractivity contribution in [1.82, 2.24) is 0 Å². The van der Waals surface area contributed by atoms with E-state index in [1.54, 1.807) is 3.28 Å². The van der Waals surface area contributed by atoms with Crippen molar-refractivity contribution in [1.29, 1.82) is 0 Å². The molecule has 2 aliphatic rings. The van der Waals surface area contributed by atoms with Crippen molar-refractivity contribution in [3.8, 4) is 0 Å². The molecule has 0 saturated heterocycles. The van der Waals surface area contributed by atoms with E-state index < -0.39 is 21.2 Å². The summed E-state index contributed by atoms with van der Waals surface area (Å²) in [5.74, 6) is 0. The topological polar surface area (TPSA) is 0 Å². The summed E-state index contributed by atoms with van der Waals surface area (Å²) in [5, 5.41) is 0. The van der Waals surface area contributed by atoms with Gasteiger partial charge in [0.2, 0.25) is 0 Å². The summed E-state index contributed by atoms with van der Waals surface area (Å²) in [7, 11) is 0. The molecular weight excluding hydrogens is 455 g/mol. The monoisotopic (exact) mass is 474 g/mol. The van der Waals surface area contributed by atoms with E-state index in [9.17, 15) is 0 Å². The van der Waals surface area contributed by atoms with Gasteiger partial charge in [-0.3, -0.25) is 0 Å². The summed E-state index contributed by atoms with van der Waals surface area (Å²) in [6.45, 7) is 0. The van der Waals surface area contributed by atoms with Crippen molar-refractivity contribution in [2.75, 3.05) is 0 Å². The molecule has 0 bridgehead atoms. The van der Waals surface area contributed by atoms with Crippen LogP contribution in [-0.4, -0.2) is 21.2 Å². The summed E-state index contributed by atoms with van der Waals surface area (Å²) in [4.78, 5) is 0. The van der Waals surface area contributed by atoms with Crippen LogP contribution in [0.1, 0.15) is 15.7 Å². The predicted octanol–water partition coefficient (Wildman–Crippen LogP) is 4.23. The van der Waals surface area contributed by atoms with Crippen molar-refractivity contribution in [3.63, 3.8) is 0 Å². The molecule has 2 aliphatic carbocycles. The van der Waals surface area contributed by atoms with Crippen LogP contribution < -0.4 is 0 Å². The normalized spacial score (nSPS) is 20.1. The Morgan fingerprint density at radius 3 is 2.60 bits per heavy atom. The summed E-state index contributed by atoms with van der Waals surface area (Å²) >= 11 is -2.31. The average Bonchev–Trinajstić information content (AvgIpc) is 2.73. The zero-order valence-corrected chi connectivity index (χ0v) is 16.1. The molecule has 0 heterocycles. The molecule has 0 nitrogen and oxygen atoms in total. The van der Waals surface area contributed by atoms with Crippen LogP contribution in [0.3, 0.4) is 0 Å². The van der Waals surface area contributed by atoms with Gasteiger partial charge in [-0.25, -0.2) is 0 Å². The predicted molar refractivity (Wildman–Crippen MR) is 68.2 cm³/mol. The van der Waals surface area contributed by atoms with Gasteiger partial charge in [0.15, 0.2) is 0 Å². The second-order valence-electron chi connectivity index (χ2n) is 5.20. The van der Waals surface area contributed by atoms with Crippen molar-refractivity contribution < 1.29 is 26.1 Å². The molecule has 2 heteroatoms. The number of hydrogen-bond acceptors (Lipinski definition) is 0. The fourth-order valence-electron chi connectivity index (χ4n) is 2.06. The van der Waals surface area contributed by atoms with Gasteiger partial charge in [-0.2, -0.15) is 0 Å². The van der Waals surface area contributed by atoms with Crippen LogP contribution in [-0.2, 0) is 23.2 Å². The Labute approximate surface area is 112 Å². The Bertz CT molecular complexity index is 387. The van der Waals surface area contributed by atoms with Crippen LogP contribution in [0, 0.1) is 0 Å². The molecule has 0 spiro atoms. The van der Waals surface area contributed by atoms with Crippen LogP contribution in [0.25, 0.3) is 0 Å². The van der Waals surface area contributed by atoms with Crippen LogP contribution >= 0.6 is 0 Å². The van der Waals surface area contributed by atoms with E-state index in [-0.39, 0.29) is 26.1 Å². The molecule has 82 valence electrons. The van der Waals surface area contributed by atoms with Gasteiger partial charge in [-0.1, -0.05) is 0 Å². The van der Waals surface area contributed by atoms with Gasteiger partial charge in [-0.15, -0.1) is 0 Å². The van der Waals surface area contributed by atoms with Crippen LogP contribution in [0.15, 0.2) is 40.1 Å². The van der Waals surface area contributed by atoms with Gasteiger partial charge in [0.1, 0.15) is 0 Å². The molecule has 0 fully saturated rings. The molecule has 0 unspecified atom stereocenters. The smallest absolute Gasteiger partial charge is 1.00 e. The second kappa shape index (κ2) is 4.95. The van der Waals surface area contributed by atoms with Gasteiger partial charge in [0, 0.05) is 0 Å². The molecule has 0 aromatic carbocycles. The third-order valence-corrected chi connectivity index (χ3v) is 16.9. The molecule has 0 amide bonds. The Hall–Kier alpha value is 0.765. The first kappa shape index (κ1) is 12.2. The minimum absolute atomic E-state index is 0. The molecule has 0 aromatic rings. The number of hydrogen-bond donors (Lipinski definition) is 0. The minimum Gasteiger partial charge on any atom is -1.00 e. The third kappa shape index (κ3) is 3.12. The van der Waals surface area contributed by atoms with Gasteiger partial charge >= 0.3 is 111 Å². The van der Waals surface area contributed by atoms with Crippen LogP contribution in [0.2, 0.25) is 13.4 Å². The fourth-order valence-corrected chi connectivity index (χ4v) is 20.9. The van der Waals surface area contributed by atoms with E-state index in [1.807, 2.05) is 6.41 Å². The third-order valence-electron chi connectivity index (χ3n) is 2.82. The van der Waals surface area contributed by atoms with E-state index in [2.05, 4.69) is 43.8 Å². The molecule has 2 rings (SSSR count). The number of rotatable bonds is 3. The van der Waals surface area contributed by atoms with Gasteiger partial charge in [-0.05, 0) is 0 Å². The van der Waals surface area contributed by atoms with Crippen molar-refractivity contribution in [3.05, 3.63) is 40.1 Å². The Balaban J connectivity index is 0.00000128. The first-order chi connectivity index (χ1) is 7.07. The van der Waals surface area contributed by atoms with Crippen LogP contribution in [0.5, 0.6) is 0 Å². The van der Waals surface area contributed by atoms with Crippen molar-refractivity contribution >= 4 is 21.2 Å². The maximum Gasteiger partial charge on any atom is -1.00 e. The zero-order chi connectivity index (χ0) is 10.9. The number of allylic oxidation sites excluding steroid dienone is 8. The van der Waals surface area contributed by atoms with Crippen molar-refractivity contribution in [2.24, 2.45) is 0 Å². The maximum absolute atomic E-state index is 2.55. The first-order valence-corrected chi connectivity index (χ1v) is 21.7. The molecule has 0 radical (unpaired) electrons. The Morgan fingerprint density at radius 2 is 2.00 bits per heavy atom. The van der Waals surface area contributed by atoms with Gasteiger partial charge < -0.3 is 2.85 Å². The molecule has 0 saturated carbocycles. The van der Waals surface area contributed by atoms with E-state index >= 15 is 0 Å². The summed E-state index contributed by atoms with van der Waals surface area (Å²) in [5.41, 5.74) is 0. The minimum atomic E-state index is -1.92. The Kier molecular flexibility index (Phi) is 4.04. The van der Waals surface area contributed by atoms with E-state index in [1.165, 1.54) is 12.8 Å². The van der Waals surface area contributed by atoms with Crippen LogP contribution in [0.4, 0.5) is 0 Å². The SMILES string of the molecule is [CH3][Pb]([CH3])([CH3])[C]1=[C]([Zr][C]2=CC=CC2)CC=C1.[H-].[H-]. The fraction of sp³-hybridized carbons (Fsp3) is 0.385. The molecular formula is C13H20PbZr-2. The Morgan fingerprint density at radius 1 is 1.20 bits per heavy atom. The van der Waals surface area contributed by atoms with Crippen molar-refractivity contribution in [2.45, 2.75) is 26.3 Å². The van der Waals surface area contributed by atoms with E-state index in [0.717, 1.165) is 0 Å². The first-order valence-electron chi connectivity index (χ1n) is 5.60. The zero-order valence-electron chi connectivity index (χ0n) is 11.8. The average molecular weight is 475 g/mol. The molecule has 15 heavy (non-hydrogen) atoms.